The lowest BCUT2D eigenvalue weighted by atomic mass is 9.88. The van der Waals surface area contributed by atoms with Crippen molar-refractivity contribution >= 4 is 29.0 Å². The third-order valence-electron chi connectivity index (χ3n) is 6.10. The Hall–Kier alpha value is -3.09. The number of fused-ring (bicyclic) bond motifs is 1. The summed E-state index contributed by atoms with van der Waals surface area (Å²) in [7, 11) is 0. The summed E-state index contributed by atoms with van der Waals surface area (Å²) in [6, 6.07) is 8.03. The van der Waals surface area contributed by atoms with Crippen molar-refractivity contribution in [1.29, 1.82) is 0 Å². The molecule has 1 saturated heterocycles. The molecule has 7 nitrogen and oxygen atoms in total. The SMILES string of the molecule is Cc1cc(NC(=O)C(=O)N2C[C@@H](C)CC[C@@H]2c2ccc3c(c2)CCCN3)cnc1N. The van der Waals surface area contributed by atoms with Crippen LogP contribution in [0.15, 0.2) is 30.5 Å². The normalized spacial score (nSPS) is 20.8. The van der Waals surface area contributed by atoms with Crippen LogP contribution in [0.1, 0.15) is 48.9 Å². The van der Waals surface area contributed by atoms with E-state index in [4.69, 9.17) is 5.73 Å². The molecule has 0 saturated carbocycles. The highest BCUT2D eigenvalue weighted by Gasteiger charge is 2.34. The summed E-state index contributed by atoms with van der Waals surface area (Å²) in [6.07, 6.45) is 5.51. The van der Waals surface area contributed by atoms with E-state index in [1.165, 1.54) is 17.4 Å². The number of carbonyl (C=O) groups excluding carboxylic acids is 2. The number of likely N-dealkylation sites (tertiary alicyclic amines) is 1. The number of anilines is 3. The molecular formula is C23H29N5O2. The summed E-state index contributed by atoms with van der Waals surface area (Å²) in [4.78, 5) is 31.7. The van der Waals surface area contributed by atoms with Gasteiger partial charge in [-0.25, -0.2) is 4.98 Å². The molecular weight excluding hydrogens is 378 g/mol. The Morgan fingerprint density at radius 2 is 2.10 bits per heavy atom. The van der Waals surface area contributed by atoms with E-state index in [1.807, 2.05) is 6.92 Å². The second-order valence-corrected chi connectivity index (χ2v) is 8.48. The molecule has 3 heterocycles. The van der Waals surface area contributed by atoms with Crippen molar-refractivity contribution in [3.8, 4) is 0 Å². The molecule has 2 atom stereocenters. The van der Waals surface area contributed by atoms with Gasteiger partial charge in [0.25, 0.3) is 0 Å². The maximum Gasteiger partial charge on any atom is 0.313 e. The lowest BCUT2D eigenvalue weighted by Crippen LogP contribution is -2.46. The number of aromatic nitrogens is 1. The average molecular weight is 408 g/mol. The molecule has 2 aliphatic heterocycles. The Morgan fingerprint density at radius 1 is 1.27 bits per heavy atom. The Morgan fingerprint density at radius 3 is 2.90 bits per heavy atom. The second kappa shape index (κ2) is 8.34. The minimum atomic E-state index is -0.639. The van der Waals surface area contributed by atoms with Crippen LogP contribution >= 0.6 is 0 Å². The molecule has 2 aliphatic rings. The van der Waals surface area contributed by atoms with Gasteiger partial charge >= 0.3 is 11.8 Å². The van der Waals surface area contributed by atoms with E-state index in [0.717, 1.165) is 43.4 Å². The molecule has 0 spiro atoms. The predicted octanol–water partition coefficient (Wildman–Crippen LogP) is 3.27. The van der Waals surface area contributed by atoms with Gasteiger partial charge in [-0.2, -0.15) is 0 Å². The van der Waals surface area contributed by atoms with E-state index < -0.39 is 11.8 Å². The van der Waals surface area contributed by atoms with Crippen molar-refractivity contribution in [2.24, 2.45) is 5.92 Å². The zero-order valence-corrected chi connectivity index (χ0v) is 17.6. The predicted molar refractivity (Wildman–Crippen MR) is 118 cm³/mol. The molecule has 4 N–H and O–H groups in total. The lowest BCUT2D eigenvalue weighted by molar-refractivity contribution is -0.146. The number of pyridine rings is 1. The van der Waals surface area contributed by atoms with Gasteiger partial charge < -0.3 is 21.3 Å². The number of carbonyl (C=O) groups is 2. The number of hydrogen-bond donors (Lipinski definition) is 3. The summed E-state index contributed by atoms with van der Waals surface area (Å²) in [6.45, 7) is 5.51. The fourth-order valence-electron chi connectivity index (χ4n) is 4.39. The van der Waals surface area contributed by atoms with E-state index in [2.05, 4.69) is 40.7 Å². The summed E-state index contributed by atoms with van der Waals surface area (Å²) in [5.41, 5.74) is 10.5. The molecule has 7 heteroatoms. The van der Waals surface area contributed by atoms with Crippen molar-refractivity contribution in [2.75, 3.05) is 29.5 Å². The van der Waals surface area contributed by atoms with Gasteiger partial charge in [0.1, 0.15) is 5.82 Å². The Balaban J connectivity index is 1.55. The number of nitrogens with two attached hydrogens (primary N) is 1. The van der Waals surface area contributed by atoms with Gasteiger partial charge in [-0.1, -0.05) is 19.1 Å². The first kappa shape index (κ1) is 20.2. The van der Waals surface area contributed by atoms with E-state index >= 15 is 0 Å². The molecule has 30 heavy (non-hydrogen) atoms. The minimum absolute atomic E-state index is 0.0852. The van der Waals surface area contributed by atoms with E-state index in [0.29, 0.717) is 24.0 Å². The first-order chi connectivity index (χ1) is 14.4. The molecule has 4 rings (SSSR count). The number of piperidine rings is 1. The number of nitrogens with one attached hydrogen (secondary N) is 2. The molecule has 0 unspecified atom stereocenters. The van der Waals surface area contributed by atoms with Crippen molar-refractivity contribution in [3.63, 3.8) is 0 Å². The van der Waals surface area contributed by atoms with Crippen molar-refractivity contribution < 1.29 is 9.59 Å². The maximum atomic E-state index is 13.1. The van der Waals surface area contributed by atoms with Gasteiger partial charge in [-0.15, -0.1) is 0 Å². The third-order valence-corrected chi connectivity index (χ3v) is 6.10. The molecule has 0 aliphatic carbocycles. The smallest absolute Gasteiger partial charge is 0.313 e. The van der Waals surface area contributed by atoms with Gasteiger partial charge in [0.2, 0.25) is 0 Å². The molecule has 2 aromatic rings. The highest BCUT2D eigenvalue weighted by Crippen LogP contribution is 2.36. The van der Waals surface area contributed by atoms with Gasteiger partial charge in [0, 0.05) is 18.8 Å². The number of hydrogen-bond acceptors (Lipinski definition) is 5. The molecule has 1 fully saturated rings. The van der Waals surface area contributed by atoms with Crippen LogP contribution in [0.2, 0.25) is 0 Å². The molecule has 1 aromatic carbocycles. The summed E-state index contributed by atoms with van der Waals surface area (Å²) >= 11 is 0. The molecule has 1 aromatic heterocycles. The van der Waals surface area contributed by atoms with E-state index in [-0.39, 0.29) is 6.04 Å². The van der Waals surface area contributed by atoms with Crippen LogP contribution in [0.25, 0.3) is 0 Å². The fraction of sp³-hybridized carbons (Fsp3) is 0.435. The van der Waals surface area contributed by atoms with Crippen LogP contribution in [0, 0.1) is 12.8 Å². The zero-order valence-electron chi connectivity index (χ0n) is 17.6. The van der Waals surface area contributed by atoms with Gasteiger partial charge in [-0.05, 0) is 67.3 Å². The fourth-order valence-corrected chi connectivity index (χ4v) is 4.39. The molecule has 2 amide bonds. The van der Waals surface area contributed by atoms with Crippen LogP contribution in [-0.4, -0.2) is 34.8 Å². The number of nitrogen functional groups attached to an aromatic ring is 1. The van der Waals surface area contributed by atoms with Gasteiger partial charge in [0.05, 0.1) is 17.9 Å². The maximum absolute atomic E-state index is 13.1. The van der Waals surface area contributed by atoms with Gasteiger partial charge in [-0.3, -0.25) is 9.59 Å². The first-order valence-electron chi connectivity index (χ1n) is 10.6. The number of aryl methyl sites for hydroxylation is 2. The lowest BCUT2D eigenvalue weighted by Gasteiger charge is -2.39. The third kappa shape index (κ3) is 4.10. The van der Waals surface area contributed by atoms with Crippen LogP contribution in [0.3, 0.4) is 0 Å². The highest BCUT2D eigenvalue weighted by atomic mass is 16.2. The highest BCUT2D eigenvalue weighted by molar-refractivity contribution is 6.39. The first-order valence-corrected chi connectivity index (χ1v) is 10.6. The largest absolute Gasteiger partial charge is 0.385 e. The molecule has 158 valence electrons. The van der Waals surface area contributed by atoms with Gasteiger partial charge in [0.15, 0.2) is 0 Å². The number of nitrogens with zero attached hydrogens (tertiary/aromatic N) is 2. The number of benzene rings is 1. The van der Waals surface area contributed by atoms with Crippen LogP contribution in [0.4, 0.5) is 17.2 Å². The van der Waals surface area contributed by atoms with Crippen molar-refractivity contribution in [2.45, 2.75) is 45.6 Å². The topological polar surface area (TPSA) is 100 Å². The van der Waals surface area contributed by atoms with E-state index in [1.54, 1.807) is 11.0 Å². The average Bonchev–Trinajstić information content (AvgIpc) is 2.75. The van der Waals surface area contributed by atoms with Crippen LogP contribution in [-0.2, 0) is 16.0 Å². The Bertz CT molecular complexity index is 974. The number of rotatable bonds is 2. The molecule has 0 radical (unpaired) electrons. The Labute approximate surface area is 177 Å². The summed E-state index contributed by atoms with van der Waals surface area (Å²) in [5.74, 6) is -0.375. The van der Waals surface area contributed by atoms with Crippen molar-refractivity contribution in [1.82, 2.24) is 9.88 Å². The summed E-state index contributed by atoms with van der Waals surface area (Å²) < 4.78 is 0. The van der Waals surface area contributed by atoms with Crippen molar-refractivity contribution in [3.05, 3.63) is 47.2 Å². The standard InChI is InChI=1S/C23H29N5O2/c1-14-5-8-20(17-6-7-19-16(11-17)4-3-9-25-19)28(13-14)23(30)22(29)27-18-10-15(2)21(24)26-12-18/h6-7,10-12,14,20,25H,3-5,8-9,13H2,1-2H3,(H2,24,26)(H,27,29)/t14-,20+/m0/s1. The summed E-state index contributed by atoms with van der Waals surface area (Å²) in [5, 5.41) is 6.11. The monoisotopic (exact) mass is 407 g/mol. The molecule has 0 bridgehead atoms. The minimum Gasteiger partial charge on any atom is -0.385 e. The van der Waals surface area contributed by atoms with E-state index in [9.17, 15) is 9.59 Å². The van der Waals surface area contributed by atoms with Crippen LogP contribution < -0.4 is 16.4 Å². The Kier molecular flexibility index (Phi) is 5.61. The zero-order chi connectivity index (χ0) is 21.3. The quantitative estimate of drug-likeness (QED) is 0.664. The second-order valence-electron chi connectivity index (χ2n) is 8.48. The van der Waals surface area contributed by atoms with Crippen LogP contribution in [0.5, 0.6) is 0 Å². The number of amides is 2.